The van der Waals surface area contributed by atoms with E-state index in [0.29, 0.717) is 6.61 Å². The number of amides is 2. The molecule has 0 aliphatic heterocycles. The van der Waals surface area contributed by atoms with Gasteiger partial charge >= 0.3 is 12.0 Å². The van der Waals surface area contributed by atoms with Crippen molar-refractivity contribution in [3.05, 3.63) is 65.4 Å². The number of carbonyl (C=O) groups excluding carboxylic acids is 1. The number of aliphatic carboxylic acids is 1. The molecular weight excluding hydrogens is 380 g/mol. The fourth-order valence-corrected chi connectivity index (χ4v) is 3.44. The van der Waals surface area contributed by atoms with E-state index in [4.69, 9.17) is 10.5 Å². The average Bonchev–Trinajstić information content (AvgIpc) is 2.74. The summed E-state index contributed by atoms with van der Waals surface area (Å²) in [6.07, 6.45) is 2.42. The fourth-order valence-electron chi connectivity index (χ4n) is 3.44. The van der Waals surface area contributed by atoms with E-state index < -0.39 is 12.0 Å². The number of primary amides is 1. The molecule has 3 N–H and O–H groups in total. The molecule has 0 fully saturated rings. The minimum atomic E-state index is -1.09. The summed E-state index contributed by atoms with van der Waals surface area (Å²) in [5.41, 5.74) is 9.32. The van der Waals surface area contributed by atoms with Crippen molar-refractivity contribution in [1.82, 2.24) is 4.90 Å². The highest BCUT2D eigenvalue weighted by Crippen LogP contribution is 2.32. The molecule has 0 heterocycles. The number of carboxylic acids is 1. The third-order valence-corrected chi connectivity index (χ3v) is 5.23. The van der Waals surface area contributed by atoms with Crippen LogP contribution < -0.4 is 5.73 Å². The Morgan fingerprint density at radius 2 is 1.80 bits per heavy atom. The number of ether oxygens (including phenoxy) is 1. The van der Waals surface area contributed by atoms with Gasteiger partial charge in [0.1, 0.15) is 0 Å². The number of rotatable bonds is 9. The van der Waals surface area contributed by atoms with E-state index in [0.717, 1.165) is 28.7 Å². The molecule has 0 aliphatic carbocycles. The largest absolute Gasteiger partial charge is 0.487 e. The summed E-state index contributed by atoms with van der Waals surface area (Å²) in [4.78, 5) is 24.6. The van der Waals surface area contributed by atoms with Crippen LogP contribution in [0.2, 0.25) is 0 Å². The molecule has 6 nitrogen and oxygen atoms in total. The van der Waals surface area contributed by atoms with Crippen molar-refractivity contribution in [3.63, 3.8) is 0 Å². The van der Waals surface area contributed by atoms with Crippen LogP contribution in [0.4, 0.5) is 4.79 Å². The van der Waals surface area contributed by atoms with Crippen molar-refractivity contribution < 1.29 is 19.4 Å². The molecule has 2 atom stereocenters. The number of carbonyl (C=O) groups is 2. The molecule has 2 aromatic rings. The van der Waals surface area contributed by atoms with Crippen LogP contribution in [-0.4, -0.2) is 35.7 Å². The lowest BCUT2D eigenvalue weighted by Gasteiger charge is -2.32. The normalized spacial score (nSPS) is 13.4. The zero-order chi connectivity index (χ0) is 22.3. The second-order valence-electron chi connectivity index (χ2n) is 7.27. The Morgan fingerprint density at radius 1 is 1.13 bits per heavy atom. The highest BCUT2D eigenvalue weighted by Gasteiger charge is 2.25. The van der Waals surface area contributed by atoms with Crippen LogP contribution >= 0.6 is 0 Å². The van der Waals surface area contributed by atoms with Crippen LogP contribution in [-0.2, 0) is 9.53 Å². The zero-order valence-corrected chi connectivity index (χ0v) is 18.0. The van der Waals surface area contributed by atoms with E-state index in [-0.39, 0.29) is 17.7 Å². The maximum absolute atomic E-state index is 11.8. The van der Waals surface area contributed by atoms with Crippen LogP contribution in [0.15, 0.2) is 54.3 Å². The minimum absolute atomic E-state index is 0.0851. The first-order valence-electron chi connectivity index (χ1n) is 10.1. The van der Waals surface area contributed by atoms with Gasteiger partial charge < -0.3 is 20.5 Å². The Hall–Kier alpha value is -3.28. The van der Waals surface area contributed by atoms with Gasteiger partial charge in [-0.2, -0.15) is 0 Å². The lowest BCUT2D eigenvalue weighted by Crippen LogP contribution is -2.38. The first-order chi connectivity index (χ1) is 14.3. The number of hydrogen-bond donors (Lipinski definition) is 2. The maximum atomic E-state index is 11.8. The van der Waals surface area contributed by atoms with Gasteiger partial charge in [0.2, 0.25) is 5.76 Å². The molecule has 160 valence electrons. The summed E-state index contributed by atoms with van der Waals surface area (Å²) in [7, 11) is 1.73. The molecule has 6 heteroatoms. The molecule has 2 unspecified atom stereocenters. The van der Waals surface area contributed by atoms with E-state index in [1.165, 1.54) is 6.08 Å². The molecule has 2 aromatic carbocycles. The monoisotopic (exact) mass is 410 g/mol. The van der Waals surface area contributed by atoms with Gasteiger partial charge in [-0.15, -0.1) is 0 Å². The first kappa shape index (κ1) is 23.0. The molecule has 2 amide bonds. The molecule has 0 saturated carbocycles. The number of nitrogens with two attached hydrogens (primary N) is 1. The van der Waals surface area contributed by atoms with E-state index in [2.05, 4.69) is 19.9 Å². The second-order valence-corrected chi connectivity index (χ2v) is 7.27. The van der Waals surface area contributed by atoms with Crippen molar-refractivity contribution >= 4 is 18.1 Å². The Bertz CT molecular complexity index is 906. The van der Waals surface area contributed by atoms with E-state index >= 15 is 0 Å². The predicted octanol–water partition coefficient (Wildman–Crippen LogP) is 4.91. The molecule has 0 aliphatic rings. The van der Waals surface area contributed by atoms with Gasteiger partial charge in [0, 0.05) is 7.05 Å². The molecule has 0 radical (unpaired) electrons. The number of benzene rings is 2. The van der Waals surface area contributed by atoms with Gasteiger partial charge in [0.05, 0.1) is 12.6 Å². The maximum Gasteiger partial charge on any atom is 0.371 e. The number of urea groups is 1. The van der Waals surface area contributed by atoms with Gasteiger partial charge in [-0.3, -0.25) is 0 Å². The van der Waals surface area contributed by atoms with Crippen molar-refractivity contribution in [1.29, 1.82) is 0 Å². The smallest absolute Gasteiger partial charge is 0.371 e. The summed E-state index contributed by atoms with van der Waals surface area (Å²) in [6, 6.07) is 15.1. The number of carboxylic acid groups (broad SMARTS) is 1. The quantitative estimate of drug-likeness (QED) is 0.454. The minimum Gasteiger partial charge on any atom is -0.487 e. The van der Waals surface area contributed by atoms with Crippen molar-refractivity contribution in [2.24, 2.45) is 11.7 Å². The summed E-state index contributed by atoms with van der Waals surface area (Å²) in [5.74, 6) is -0.931. The van der Waals surface area contributed by atoms with Crippen molar-refractivity contribution in [2.75, 3.05) is 13.7 Å². The van der Waals surface area contributed by atoms with E-state index in [1.807, 2.05) is 42.5 Å². The van der Waals surface area contributed by atoms with Gasteiger partial charge in [-0.1, -0.05) is 62.7 Å². The highest BCUT2D eigenvalue weighted by molar-refractivity contribution is 5.90. The summed E-state index contributed by atoms with van der Waals surface area (Å²) >= 11 is 0. The standard InChI is InChI=1S/C24H30N2O4/c1-5-16(3)22(26(4)24(25)29)20-9-7-8-19(15-20)18-12-10-17(11-13-18)14-21(23(27)28)30-6-2/h7-16,22H,5-6H2,1-4H3,(H2,25,29)(H,27,28)/b21-14-. The molecule has 0 saturated heterocycles. The summed E-state index contributed by atoms with van der Waals surface area (Å²) in [5, 5.41) is 9.20. The molecule has 0 bridgehead atoms. The zero-order valence-electron chi connectivity index (χ0n) is 18.0. The fraction of sp³-hybridized carbons (Fsp3) is 0.333. The Kier molecular flexibility index (Phi) is 8.04. The van der Waals surface area contributed by atoms with Crippen molar-refractivity contribution in [2.45, 2.75) is 33.2 Å². The van der Waals surface area contributed by atoms with Crippen LogP contribution in [0.1, 0.15) is 44.4 Å². The van der Waals surface area contributed by atoms with Crippen LogP contribution in [0.5, 0.6) is 0 Å². The molecular formula is C24H30N2O4. The summed E-state index contributed by atoms with van der Waals surface area (Å²) in [6.45, 7) is 6.24. The highest BCUT2D eigenvalue weighted by atomic mass is 16.5. The van der Waals surface area contributed by atoms with Gasteiger partial charge in [0.15, 0.2) is 0 Å². The lowest BCUT2D eigenvalue weighted by molar-refractivity contribution is -0.136. The average molecular weight is 411 g/mol. The molecule has 30 heavy (non-hydrogen) atoms. The van der Waals surface area contributed by atoms with E-state index in [1.54, 1.807) is 18.9 Å². The van der Waals surface area contributed by atoms with Crippen molar-refractivity contribution in [3.8, 4) is 11.1 Å². The van der Waals surface area contributed by atoms with Gasteiger partial charge in [-0.25, -0.2) is 9.59 Å². The predicted molar refractivity (Wildman–Crippen MR) is 119 cm³/mol. The SMILES string of the molecule is CCO/C(=C\c1ccc(-c2cccc(C(C(C)CC)N(C)C(N)=O)c2)cc1)C(=O)O. The summed E-state index contributed by atoms with van der Waals surface area (Å²) < 4.78 is 5.16. The Balaban J connectivity index is 2.36. The Morgan fingerprint density at radius 3 is 2.33 bits per heavy atom. The molecule has 2 rings (SSSR count). The molecule has 0 spiro atoms. The van der Waals surface area contributed by atoms with Crippen LogP contribution in [0.25, 0.3) is 17.2 Å². The van der Waals surface area contributed by atoms with Gasteiger partial charge in [0.25, 0.3) is 0 Å². The number of nitrogens with zero attached hydrogens (tertiary/aromatic N) is 1. The molecule has 0 aromatic heterocycles. The third-order valence-electron chi connectivity index (χ3n) is 5.23. The number of hydrogen-bond acceptors (Lipinski definition) is 3. The topological polar surface area (TPSA) is 92.9 Å². The van der Waals surface area contributed by atoms with E-state index in [9.17, 15) is 14.7 Å². The van der Waals surface area contributed by atoms with Gasteiger partial charge in [-0.05, 0) is 47.2 Å². The lowest BCUT2D eigenvalue weighted by atomic mass is 9.89. The van der Waals surface area contributed by atoms with Crippen LogP contribution in [0, 0.1) is 5.92 Å². The second kappa shape index (κ2) is 10.5. The third kappa shape index (κ3) is 5.63. The Labute approximate surface area is 178 Å². The first-order valence-corrected chi connectivity index (χ1v) is 10.1. The van der Waals surface area contributed by atoms with Crippen LogP contribution in [0.3, 0.4) is 0 Å².